The van der Waals surface area contributed by atoms with Crippen molar-refractivity contribution in [2.75, 3.05) is 0 Å². The summed E-state index contributed by atoms with van der Waals surface area (Å²) in [6, 6.07) is 9.89. The van der Waals surface area contributed by atoms with Crippen molar-refractivity contribution < 1.29 is 4.79 Å². The summed E-state index contributed by atoms with van der Waals surface area (Å²) in [5.41, 5.74) is 1.09. The fourth-order valence-electron chi connectivity index (χ4n) is 2.34. The van der Waals surface area contributed by atoms with E-state index in [1.807, 2.05) is 30.3 Å². The van der Waals surface area contributed by atoms with Crippen molar-refractivity contribution in [2.24, 2.45) is 5.92 Å². The Morgan fingerprint density at radius 3 is 2.60 bits per heavy atom. The molecular weight excluding hydrogens is 184 g/mol. The molecule has 0 aromatic heterocycles. The normalized spacial score (nSPS) is 22.7. The molecule has 0 aliphatic heterocycles. The Morgan fingerprint density at radius 1 is 1.33 bits per heavy atom. The predicted octanol–water partition coefficient (Wildman–Crippen LogP) is 3.01. The number of carbonyl (C=O) groups is 1. The fraction of sp³-hybridized carbons (Fsp3) is 0.357. The van der Waals surface area contributed by atoms with Gasteiger partial charge in [0, 0.05) is 18.3 Å². The Labute approximate surface area is 90.8 Å². The summed E-state index contributed by atoms with van der Waals surface area (Å²) < 4.78 is 0. The van der Waals surface area contributed by atoms with Crippen molar-refractivity contribution in [1.29, 1.82) is 0 Å². The predicted molar refractivity (Wildman–Crippen MR) is 59.3 cm³/mol. The lowest BCUT2D eigenvalue weighted by molar-refractivity contribution is -0.120. The first-order valence-electron chi connectivity index (χ1n) is 5.41. The van der Waals surface area contributed by atoms with Gasteiger partial charge in [-0.05, 0) is 25.0 Å². The van der Waals surface area contributed by atoms with E-state index in [1.54, 1.807) is 0 Å². The maximum absolute atomic E-state index is 11.6. The van der Waals surface area contributed by atoms with E-state index in [0.29, 0.717) is 12.2 Å². The molecule has 0 amide bonds. The highest BCUT2D eigenvalue weighted by Crippen LogP contribution is 2.35. The van der Waals surface area contributed by atoms with Crippen LogP contribution >= 0.6 is 0 Å². The molecule has 1 heteroatoms. The first-order chi connectivity index (χ1) is 7.33. The van der Waals surface area contributed by atoms with Gasteiger partial charge >= 0.3 is 0 Å². The molecule has 1 nitrogen and oxygen atoms in total. The van der Waals surface area contributed by atoms with Crippen LogP contribution in [0.25, 0.3) is 0 Å². The van der Waals surface area contributed by atoms with E-state index >= 15 is 0 Å². The van der Waals surface area contributed by atoms with Crippen molar-refractivity contribution >= 4 is 5.78 Å². The van der Waals surface area contributed by atoms with E-state index in [-0.39, 0.29) is 11.8 Å². The Kier molecular flexibility index (Phi) is 3.00. The maximum Gasteiger partial charge on any atom is 0.136 e. The molecule has 0 N–H and O–H groups in total. The molecule has 0 spiro atoms. The molecule has 1 saturated carbocycles. The Balaban J connectivity index is 2.24. The highest BCUT2D eigenvalue weighted by atomic mass is 16.1. The third-order valence-corrected chi connectivity index (χ3v) is 3.15. The largest absolute Gasteiger partial charge is 0.299 e. The molecule has 76 valence electrons. The van der Waals surface area contributed by atoms with Gasteiger partial charge in [-0.25, -0.2) is 0 Å². The van der Waals surface area contributed by atoms with Crippen LogP contribution in [0.2, 0.25) is 0 Å². The van der Waals surface area contributed by atoms with Crippen LogP contribution in [0.1, 0.15) is 30.7 Å². The summed E-state index contributed by atoms with van der Waals surface area (Å²) in [5, 5.41) is 0. The zero-order valence-corrected chi connectivity index (χ0v) is 8.65. The van der Waals surface area contributed by atoms with Gasteiger partial charge in [0.2, 0.25) is 0 Å². The number of benzene rings is 1. The lowest BCUT2D eigenvalue weighted by atomic mass is 9.84. The number of rotatable bonds is 3. The minimum atomic E-state index is -0.0128. The van der Waals surface area contributed by atoms with Crippen molar-refractivity contribution in [1.82, 2.24) is 0 Å². The quantitative estimate of drug-likeness (QED) is 0.729. The molecule has 15 heavy (non-hydrogen) atoms. The Morgan fingerprint density at radius 2 is 2.07 bits per heavy atom. The summed E-state index contributed by atoms with van der Waals surface area (Å²) >= 11 is 0. The van der Waals surface area contributed by atoms with Gasteiger partial charge in [0.1, 0.15) is 5.78 Å². The van der Waals surface area contributed by atoms with Crippen LogP contribution in [0.5, 0.6) is 0 Å². The molecule has 2 radical (unpaired) electrons. The van der Waals surface area contributed by atoms with Gasteiger partial charge in [0.25, 0.3) is 0 Å². The highest BCUT2D eigenvalue weighted by Gasteiger charge is 2.31. The monoisotopic (exact) mass is 198 g/mol. The van der Waals surface area contributed by atoms with Crippen LogP contribution in [-0.4, -0.2) is 5.78 Å². The van der Waals surface area contributed by atoms with Gasteiger partial charge in [-0.2, -0.15) is 0 Å². The fourth-order valence-corrected chi connectivity index (χ4v) is 2.34. The van der Waals surface area contributed by atoms with Gasteiger partial charge in [-0.15, -0.1) is 0 Å². The van der Waals surface area contributed by atoms with Crippen molar-refractivity contribution in [2.45, 2.75) is 25.2 Å². The average Bonchev–Trinajstić information content (AvgIpc) is 2.68. The number of allylic oxidation sites excluding steroid dienone is 1. The average molecular weight is 198 g/mol. The SMILES string of the molecule is [C]=CC(c1ccccc1)C1CCCC1=O. The number of Topliss-reactive ketones (excluding diaryl/α,β-unsaturated/α-hetero) is 1. The Bertz CT molecular complexity index is 353. The standard InChI is InChI=1S/C14H14O/c1-2-12(11-7-4-3-5-8-11)13-9-6-10-14(13)15/h2-5,7-8,12-13H,6,9-10H2. The van der Waals surface area contributed by atoms with Gasteiger partial charge in [-0.1, -0.05) is 36.4 Å². The van der Waals surface area contributed by atoms with Crippen LogP contribution in [0.3, 0.4) is 0 Å². The summed E-state index contributed by atoms with van der Waals surface area (Å²) in [4.78, 5) is 11.6. The zero-order valence-electron chi connectivity index (χ0n) is 8.65. The van der Waals surface area contributed by atoms with Crippen LogP contribution in [-0.2, 0) is 4.79 Å². The number of carbonyl (C=O) groups excluding carboxylic acids is 1. The summed E-state index contributed by atoms with van der Waals surface area (Å²) in [7, 11) is 0. The van der Waals surface area contributed by atoms with E-state index in [1.165, 1.54) is 6.08 Å². The van der Waals surface area contributed by atoms with E-state index in [9.17, 15) is 4.79 Å². The van der Waals surface area contributed by atoms with Gasteiger partial charge in [-0.3, -0.25) is 4.79 Å². The zero-order chi connectivity index (χ0) is 10.7. The highest BCUT2D eigenvalue weighted by molar-refractivity contribution is 5.84. The van der Waals surface area contributed by atoms with Crippen molar-refractivity contribution in [3.63, 3.8) is 0 Å². The number of ketones is 1. The van der Waals surface area contributed by atoms with Crippen molar-refractivity contribution in [3.05, 3.63) is 48.6 Å². The van der Waals surface area contributed by atoms with Crippen LogP contribution in [0.15, 0.2) is 36.4 Å². The molecule has 1 aliphatic rings. The molecular formula is C14H14O. The molecule has 1 aromatic rings. The molecule has 2 atom stereocenters. The maximum atomic E-state index is 11.6. The molecule has 1 aromatic carbocycles. The second-order valence-electron chi connectivity index (χ2n) is 4.07. The van der Waals surface area contributed by atoms with Crippen molar-refractivity contribution in [3.8, 4) is 0 Å². The summed E-state index contributed by atoms with van der Waals surface area (Å²) in [5.74, 6) is 0.360. The third kappa shape index (κ3) is 2.01. The Hall–Kier alpha value is -1.37. The molecule has 1 aliphatic carbocycles. The number of hydrogen-bond acceptors (Lipinski definition) is 1. The smallest absolute Gasteiger partial charge is 0.136 e. The lowest BCUT2D eigenvalue weighted by Gasteiger charge is -2.18. The van der Waals surface area contributed by atoms with Crippen LogP contribution in [0.4, 0.5) is 0 Å². The minimum absolute atomic E-state index is 0.0128. The van der Waals surface area contributed by atoms with E-state index < -0.39 is 0 Å². The van der Waals surface area contributed by atoms with E-state index in [4.69, 9.17) is 6.58 Å². The van der Waals surface area contributed by atoms with Crippen LogP contribution in [0, 0.1) is 12.5 Å². The molecule has 0 heterocycles. The van der Waals surface area contributed by atoms with E-state index in [0.717, 1.165) is 18.4 Å². The molecule has 0 saturated heterocycles. The summed E-state index contributed by atoms with van der Waals surface area (Å²) in [6.07, 6.45) is 4.04. The molecule has 1 fully saturated rings. The third-order valence-electron chi connectivity index (χ3n) is 3.15. The summed E-state index contributed by atoms with van der Waals surface area (Å²) in [6.45, 7) is 7.48. The minimum Gasteiger partial charge on any atom is -0.299 e. The second-order valence-corrected chi connectivity index (χ2v) is 4.07. The lowest BCUT2D eigenvalue weighted by Crippen LogP contribution is -2.15. The number of hydrogen-bond donors (Lipinski definition) is 0. The van der Waals surface area contributed by atoms with Crippen LogP contribution < -0.4 is 0 Å². The first-order valence-corrected chi connectivity index (χ1v) is 5.41. The molecule has 0 bridgehead atoms. The van der Waals surface area contributed by atoms with Gasteiger partial charge in [0.05, 0.1) is 0 Å². The second kappa shape index (κ2) is 4.43. The van der Waals surface area contributed by atoms with E-state index in [2.05, 4.69) is 0 Å². The first kappa shape index (κ1) is 10.2. The molecule has 2 rings (SSSR count). The van der Waals surface area contributed by atoms with Gasteiger partial charge < -0.3 is 0 Å². The molecule has 2 unspecified atom stereocenters. The van der Waals surface area contributed by atoms with Gasteiger partial charge in [0.15, 0.2) is 0 Å². The topological polar surface area (TPSA) is 17.1 Å².